The van der Waals surface area contributed by atoms with Gasteiger partial charge in [0.1, 0.15) is 0 Å². The lowest BCUT2D eigenvalue weighted by Gasteiger charge is -2.24. The molecule has 0 bridgehead atoms. The average Bonchev–Trinajstić information content (AvgIpc) is 4.08. The molecule has 0 aliphatic carbocycles. The third-order valence-electron chi connectivity index (χ3n) is 12.8. The van der Waals surface area contributed by atoms with Gasteiger partial charge in [-0.1, -0.05) is 90.5 Å². The molecule has 6 nitrogen and oxygen atoms in total. The van der Waals surface area contributed by atoms with E-state index in [0.29, 0.717) is 36.1 Å². The van der Waals surface area contributed by atoms with Gasteiger partial charge in [0.15, 0.2) is 0 Å². The number of nitrogens with zero attached hydrogens (tertiary/aromatic N) is 4. The molecule has 4 aliphatic rings. The van der Waals surface area contributed by atoms with Gasteiger partial charge in [0, 0.05) is 60.1 Å². The molecule has 2 unspecified atom stereocenters. The van der Waals surface area contributed by atoms with Crippen molar-refractivity contribution in [3.8, 4) is 20.9 Å². The lowest BCUT2D eigenvalue weighted by Crippen LogP contribution is -2.34. The molecule has 4 aliphatic heterocycles. The van der Waals surface area contributed by atoms with Crippen LogP contribution in [0.15, 0.2) is 60.7 Å². The Bertz CT molecular complexity index is 1920. The Labute approximate surface area is 343 Å². The second-order valence-corrected chi connectivity index (χ2v) is 18.7. The average molecular weight is 789 g/mol. The summed E-state index contributed by atoms with van der Waals surface area (Å²) in [5, 5.41) is 2.65. The van der Waals surface area contributed by atoms with Gasteiger partial charge in [0.2, 0.25) is 0 Å². The number of carbonyl (C=O) groups is 2. The van der Waals surface area contributed by atoms with Crippen LogP contribution in [0.4, 0.5) is 21.4 Å². The van der Waals surface area contributed by atoms with Gasteiger partial charge in [-0.2, -0.15) is 0 Å². The lowest BCUT2D eigenvalue weighted by atomic mass is 9.95. The number of fused-ring (bicyclic) bond motifs is 2. The maximum atomic E-state index is 15.1. The highest BCUT2D eigenvalue weighted by molar-refractivity contribution is 7.19. The van der Waals surface area contributed by atoms with E-state index in [-0.39, 0.29) is 11.8 Å². The Morgan fingerprint density at radius 2 is 0.964 bits per heavy atom. The van der Waals surface area contributed by atoms with E-state index in [9.17, 15) is 0 Å². The Morgan fingerprint density at radius 3 is 1.34 bits per heavy atom. The van der Waals surface area contributed by atoms with Crippen LogP contribution in [-0.2, 0) is 9.59 Å². The summed E-state index contributed by atoms with van der Waals surface area (Å²) in [7, 11) is 0. The van der Waals surface area contributed by atoms with Crippen molar-refractivity contribution in [2.75, 3.05) is 58.9 Å². The molecule has 6 heterocycles. The van der Waals surface area contributed by atoms with E-state index in [0.717, 1.165) is 111 Å². The van der Waals surface area contributed by atoms with Crippen LogP contribution >= 0.6 is 22.7 Å². The van der Waals surface area contributed by atoms with Gasteiger partial charge in [0.05, 0.1) is 32.5 Å². The summed E-state index contributed by atoms with van der Waals surface area (Å²) in [6, 6.07) is 22.1. The molecule has 2 saturated heterocycles. The van der Waals surface area contributed by atoms with Crippen molar-refractivity contribution in [2.24, 2.45) is 11.8 Å². The molecular formula is C48H60N4O2S2. The molecule has 2 atom stereocenters. The zero-order valence-electron chi connectivity index (χ0n) is 34.1. The molecule has 2 aromatic carbocycles. The van der Waals surface area contributed by atoms with Crippen LogP contribution in [0.1, 0.15) is 116 Å². The molecule has 56 heavy (non-hydrogen) atoms. The van der Waals surface area contributed by atoms with Crippen molar-refractivity contribution in [3.05, 3.63) is 71.8 Å². The third kappa shape index (κ3) is 7.60. The third-order valence-corrected chi connectivity index (χ3v) is 15.2. The highest BCUT2D eigenvalue weighted by atomic mass is 32.1. The SMILES string of the molecule is CCCCC(CC)CN1C(=O)/C(=C2/C(=O)N(CC(CC)CCCC)c3cc(-c4ccc(N5CCCC5)s4)ccc32)c2ccc(-c3ccc(N4CCCC4)s3)cc21. The minimum absolute atomic E-state index is 0.0252. The van der Waals surface area contributed by atoms with Crippen molar-refractivity contribution < 1.29 is 9.59 Å². The van der Waals surface area contributed by atoms with Gasteiger partial charge in [-0.3, -0.25) is 9.59 Å². The van der Waals surface area contributed by atoms with Crippen molar-refractivity contribution in [3.63, 3.8) is 0 Å². The molecule has 2 amide bonds. The molecular weight excluding hydrogens is 729 g/mol. The normalized spacial score (nSPS) is 19.1. The van der Waals surface area contributed by atoms with Crippen LogP contribution in [-0.4, -0.2) is 51.1 Å². The van der Waals surface area contributed by atoms with Crippen LogP contribution in [0.3, 0.4) is 0 Å². The predicted octanol–water partition coefficient (Wildman–Crippen LogP) is 12.4. The molecule has 0 saturated carbocycles. The summed E-state index contributed by atoms with van der Waals surface area (Å²) in [4.78, 5) is 41.7. The Balaban J connectivity index is 1.23. The molecule has 8 heteroatoms. The van der Waals surface area contributed by atoms with Gasteiger partial charge < -0.3 is 19.6 Å². The highest BCUT2D eigenvalue weighted by Gasteiger charge is 2.43. The molecule has 2 aromatic heterocycles. The first-order valence-corrected chi connectivity index (χ1v) is 23.4. The maximum absolute atomic E-state index is 15.1. The Kier molecular flexibility index (Phi) is 12.0. The van der Waals surface area contributed by atoms with Gasteiger partial charge >= 0.3 is 0 Å². The summed E-state index contributed by atoms with van der Waals surface area (Å²) in [6.45, 7) is 14.8. The van der Waals surface area contributed by atoms with Crippen molar-refractivity contribution in [1.82, 2.24) is 0 Å². The molecule has 2 fully saturated rings. The summed E-state index contributed by atoms with van der Waals surface area (Å²) in [6.07, 6.45) is 13.8. The quantitative estimate of drug-likeness (QED) is 0.106. The van der Waals surface area contributed by atoms with Gasteiger partial charge in [-0.05, 0) is 97.9 Å². The van der Waals surface area contributed by atoms with E-state index < -0.39 is 0 Å². The second-order valence-electron chi connectivity index (χ2n) is 16.5. The van der Waals surface area contributed by atoms with Crippen LogP contribution in [0, 0.1) is 11.8 Å². The molecule has 4 aromatic rings. The first kappa shape index (κ1) is 39.0. The fourth-order valence-electron chi connectivity index (χ4n) is 9.34. The topological polar surface area (TPSA) is 47.1 Å². The van der Waals surface area contributed by atoms with Gasteiger partial charge in [-0.15, -0.1) is 22.7 Å². The number of hydrogen-bond acceptors (Lipinski definition) is 6. The number of carbonyl (C=O) groups excluding carboxylic acids is 2. The predicted molar refractivity (Wildman–Crippen MR) is 241 cm³/mol. The smallest absolute Gasteiger partial charge is 0.259 e. The zero-order chi connectivity index (χ0) is 38.8. The number of rotatable bonds is 16. The largest absolute Gasteiger partial charge is 0.363 e. The minimum atomic E-state index is -0.0252. The molecule has 8 rings (SSSR count). The molecule has 0 radical (unpaired) electrons. The van der Waals surface area contributed by atoms with Crippen molar-refractivity contribution in [2.45, 2.75) is 105 Å². The monoisotopic (exact) mass is 788 g/mol. The van der Waals surface area contributed by atoms with E-state index in [1.54, 1.807) is 0 Å². The molecule has 296 valence electrons. The number of unbranched alkanes of at least 4 members (excludes halogenated alkanes) is 2. The van der Waals surface area contributed by atoms with E-state index >= 15 is 9.59 Å². The maximum Gasteiger partial charge on any atom is 0.259 e. The van der Waals surface area contributed by atoms with E-state index in [1.807, 2.05) is 32.5 Å². The first-order valence-electron chi connectivity index (χ1n) is 21.8. The molecule has 0 N–H and O–H groups in total. The molecule has 0 spiro atoms. The lowest BCUT2D eigenvalue weighted by molar-refractivity contribution is -0.114. The van der Waals surface area contributed by atoms with Crippen molar-refractivity contribution >= 4 is 67.0 Å². The van der Waals surface area contributed by atoms with Crippen molar-refractivity contribution in [1.29, 1.82) is 0 Å². The van der Waals surface area contributed by atoms with Gasteiger partial charge in [0.25, 0.3) is 11.8 Å². The summed E-state index contributed by atoms with van der Waals surface area (Å²) in [5.41, 5.74) is 7.13. The number of thiophene rings is 2. The zero-order valence-corrected chi connectivity index (χ0v) is 35.7. The van der Waals surface area contributed by atoms with E-state index in [1.165, 1.54) is 45.4 Å². The standard InChI is InChI=1S/C48H60N4O2S2/c1-5-9-15-33(7-3)31-51-39-29-35(41-21-23-43(55-41)49-25-11-12-26-49)17-19-37(39)45(47(51)53)46-38-20-18-36(42-22-24-44(56-42)50-27-13-14-28-50)30-40(38)52(48(46)54)32-34(8-4)16-10-6-2/h17-24,29-30,33-34H,5-16,25-28,31-32H2,1-4H3/b46-45+. The van der Waals surface area contributed by atoms with Crippen LogP contribution in [0.25, 0.3) is 32.0 Å². The van der Waals surface area contributed by atoms with E-state index in [4.69, 9.17) is 0 Å². The second kappa shape index (κ2) is 17.3. The fourth-order valence-corrected chi connectivity index (χ4v) is 11.4. The Hall–Kier alpha value is -3.88. The number of amides is 2. The summed E-state index contributed by atoms with van der Waals surface area (Å²) >= 11 is 3.69. The van der Waals surface area contributed by atoms with Crippen LogP contribution < -0.4 is 19.6 Å². The number of anilines is 4. The van der Waals surface area contributed by atoms with Gasteiger partial charge in [-0.25, -0.2) is 0 Å². The van der Waals surface area contributed by atoms with Crippen LogP contribution in [0.5, 0.6) is 0 Å². The summed E-state index contributed by atoms with van der Waals surface area (Å²) < 4.78 is 0. The summed E-state index contributed by atoms with van der Waals surface area (Å²) in [5.74, 6) is 0.744. The van der Waals surface area contributed by atoms with Crippen LogP contribution in [0.2, 0.25) is 0 Å². The van der Waals surface area contributed by atoms with E-state index in [2.05, 4.69) is 98.2 Å². The number of hydrogen-bond donors (Lipinski definition) is 0. The first-order chi connectivity index (χ1) is 27.4. The number of benzene rings is 2. The fraction of sp³-hybridized carbons (Fsp3) is 0.500. The Morgan fingerprint density at radius 1 is 0.554 bits per heavy atom. The highest BCUT2D eigenvalue weighted by Crippen LogP contribution is 2.50. The minimum Gasteiger partial charge on any atom is -0.363 e.